The van der Waals surface area contributed by atoms with Gasteiger partial charge in [0.25, 0.3) is 11.1 Å². The van der Waals surface area contributed by atoms with Crippen LogP contribution in [0, 0.1) is 0 Å². The largest absolute Gasteiger partial charge is 0.503 e. The summed E-state index contributed by atoms with van der Waals surface area (Å²) in [4.78, 5) is 53.9. The van der Waals surface area contributed by atoms with Crippen molar-refractivity contribution in [1.29, 1.82) is 0 Å². The van der Waals surface area contributed by atoms with Crippen LogP contribution in [0.4, 0.5) is 0 Å². The second-order valence-corrected chi connectivity index (χ2v) is 9.84. The molecule has 0 aliphatic heterocycles. The number of H-pyrrole nitrogens is 2. The molecular weight excluding hydrogens is 516 g/mol. The Labute approximate surface area is 234 Å². The number of aromatic nitrogens is 2. The zero-order chi connectivity index (χ0) is 29.2. The summed E-state index contributed by atoms with van der Waals surface area (Å²) < 4.78 is 0. The van der Waals surface area contributed by atoms with Gasteiger partial charge in [0.05, 0.1) is 0 Å². The van der Waals surface area contributed by atoms with E-state index in [4.69, 9.17) is 5.73 Å². The quantitative estimate of drug-likeness (QED) is 0.116. The molecule has 0 unspecified atom stereocenters. The Balaban J connectivity index is 1.49. The number of amides is 2. The fourth-order valence-corrected chi connectivity index (χ4v) is 4.19. The molecule has 0 aromatic carbocycles. The van der Waals surface area contributed by atoms with Crippen molar-refractivity contribution in [2.75, 3.05) is 39.3 Å². The summed E-state index contributed by atoms with van der Waals surface area (Å²) in [6.07, 6.45) is 10.1. The van der Waals surface area contributed by atoms with Crippen LogP contribution in [0.2, 0.25) is 0 Å². The van der Waals surface area contributed by atoms with Crippen LogP contribution in [0.1, 0.15) is 62.5 Å². The van der Waals surface area contributed by atoms with Crippen molar-refractivity contribution < 1.29 is 19.8 Å². The van der Waals surface area contributed by atoms with Crippen molar-refractivity contribution in [3.8, 4) is 11.5 Å². The van der Waals surface area contributed by atoms with Crippen molar-refractivity contribution in [2.24, 2.45) is 5.73 Å². The van der Waals surface area contributed by atoms with Gasteiger partial charge in [-0.25, -0.2) is 0 Å². The molecule has 0 aliphatic rings. The molecule has 0 spiro atoms. The lowest BCUT2D eigenvalue weighted by Gasteiger charge is -2.22. The van der Waals surface area contributed by atoms with Gasteiger partial charge >= 0.3 is 0 Å². The summed E-state index contributed by atoms with van der Waals surface area (Å²) in [6, 6.07) is 2.77. The smallest absolute Gasteiger partial charge is 0.290 e. The number of nitrogens with one attached hydrogen (secondary N) is 4. The van der Waals surface area contributed by atoms with E-state index in [0.29, 0.717) is 56.6 Å². The van der Waals surface area contributed by atoms with Crippen LogP contribution >= 0.6 is 0 Å². The molecule has 2 amide bonds. The first-order valence-electron chi connectivity index (χ1n) is 14.1. The lowest BCUT2D eigenvalue weighted by Crippen LogP contribution is -2.34. The summed E-state index contributed by atoms with van der Waals surface area (Å²) in [5, 5.41) is 25.2. The molecule has 0 atom stereocenters. The van der Waals surface area contributed by atoms with Gasteiger partial charge in [-0.1, -0.05) is 12.8 Å². The van der Waals surface area contributed by atoms with Crippen molar-refractivity contribution in [1.82, 2.24) is 25.5 Å². The highest BCUT2D eigenvalue weighted by Gasteiger charge is 2.13. The van der Waals surface area contributed by atoms with Gasteiger partial charge in [0, 0.05) is 44.9 Å². The number of aryl methyl sites for hydroxylation is 2. The van der Waals surface area contributed by atoms with Gasteiger partial charge in [-0.15, -0.1) is 0 Å². The Hall–Kier alpha value is -3.64. The number of aromatic amines is 2. The molecule has 0 radical (unpaired) electrons. The van der Waals surface area contributed by atoms with E-state index in [1.165, 1.54) is 24.5 Å². The second kappa shape index (κ2) is 18.6. The van der Waals surface area contributed by atoms with Crippen LogP contribution < -0.4 is 27.5 Å². The number of aromatic hydroxyl groups is 2. The van der Waals surface area contributed by atoms with E-state index < -0.39 is 11.1 Å². The molecule has 0 fully saturated rings. The summed E-state index contributed by atoms with van der Waals surface area (Å²) in [6.45, 7) is 4.12. The van der Waals surface area contributed by atoms with E-state index in [9.17, 15) is 29.4 Å². The van der Waals surface area contributed by atoms with Gasteiger partial charge in [0.2, 0.25) is 11.8 Å². The summed E-state index contributed by atoms with van der Waals surface area (Å²) in [5.41, 5.74) is 5.97. The normalized spacial score (nSPS) is 10.9. The zero-order valence-corrected chi connectivity index (χ0v) is 23.2. The monoisotopic (exact) mass is 560 g/mol. The van der Waals surface area contributed by atoms with Gasteiger partial charge in [0.15, 0.2) is 11.5 Å². The van der Waals surface area contributed by atoms with Crippen LogP contribution in [-0.4, -0.2) is 76.2 Å². The molecule has 2 aromatic heterocycles. The Morgan fingerprint density at radius 3 is 1.98 bits per heavy atom. The minimum absolute atomic E-state index is 0.0450. The average Bonchev–Trinajstić information content (AvgIpc) is 2.94. The first-order valence-corrected chi connectivity index (χ1v) is 14.1. The molecule has 0 saturated carbocycles. The highest BCUT2D eigenvalue weighted by molar-refractivity contribution is 5.76. The van der Waals surface area contributed by atoms with Crippen molar-refractivity contribution in [3.63, 3.8) is 0 Å². The number of rotatable bonds is 20. The molecule has 8 N–H and O–H groups in total. The number of hydrogen-bond acceptors (Lipinski definition) is 8. The first-order chi connectivity index (χ1) is 19.3. The van der Waals surface area contributed by atoms with Gasteiger partial charge in [-0.05, 0) is 81.4 Å². The van der Waals surface area contributed by atoms with Crippen LogP contribution in [0.25, 0.3) is 0 Å². The molecule has 0 aliphatic carbocycles. The number of unbranched alkanes of at least 4 members (excludes halogenated alkanes) is 3. The van der Waals surface area contributed by atoms with Crippen LogP contribution in [-0.2, 0) is 22.4 Å². The standard InChI is InChI=1S/C28H44N6O6/c29-11-5-16-34(26(38)10-8-22-18-24(36)28(40)33-20-22)15-4-2-1-3-12-30-13-6-14-31-25(37)9-7-21-17-23(35)27(39)32-19-21/h17-20,30,35-36H,1-16,29H2,(H,31,37)(H,32,39)(H,33,40). The fraction of sp³-hybridized carbons (Fsp3) is 0.571. The molecule has 0 bridgehead atoms. The van der Waals surface area contributed by atoms with E-state index in [2.05, 4.69) is 20.6 Å². The Kier molecular flexibility index (Phi) is 15.2. The third-order valence-electron chi connectivity index (χ3n) is 6.52. The number of carbonyl (C=O) groups excluding carboxylic acids is 2. The predicted octanol–water partition coefficient (Wildman–Crippen LogP) is 0.874. The summed E-state index contributed by atoms with van der Waals surface area (Å²) in [7, 11) is 0. The fourth-order valence-electron chi connectivity index (χ4n) is 4.19. The third-order valence-corrected chi connectivity index (χ3v) is 6.52. The van der Waals surface area contributed by atoms with Crippen LogP contribution in [0.5, 0.6) is 11.5 Å². The van der Waals surface area contributed by atoms with Crippen molar-refractivity contribution in [3.05, 3.63) is 56.4 Å². The summed E-state index contributed by atoms with van der Waals surface area (Å²) >= 11 is 0. The van der Waals surface area contributed by atoms with Crippen molar-refractivity contribution >= 4 is 11.8 Å². The molecule has 12 heteroatoms. The van der Waals surface area contributed by atoms with Gasteiger partial charge in [-0.3, -0.25) is 19.2 Å². The molecule has 12 nitrogen and oxygen atoms in total. The highest BCUT2D eigenvalue weighted by atomic mass is 16.3. The lowest BCUT2D eigenvalue weighted by atomic mass is 10.1. The maximum atomic E-state index is 12.7. The minimum Gasteiger partial charge on any atom is -0.503 e. The number of nitrogens with zero attached hydrogens (tertiary/aromatic N) is 1. The molecule has 2 aromatic rings. The number of carbonyl (C=O) groups is 2. The first kappa shape index (κ1) is 32.6. The van der Waals surface area contributed by atoms with E-state index in [-0.39, 0.29) is 29.7 Å². The lowest BCUT2D eigenvalue weighted by molar-refractivity contribution is -0.131. The molecule has 0 saturated heterocycles. The van der Waals surface area contributed by atoms with E-state index in [1.807, 2.05) is 4.90 Å². The molecular formula is C28H44N6O6. The Morgan fingerprint density at radius 1 is 0.775 bits per heavy atom. The number of hydrogen-bond donors (Lipinski definition) is 7. The van der Waals surface area contributed by atoms with Gasteiger partial charge < -0.3 is 41.4 Å². The van der Waals surface area contributed by atoms with E-state index >= 15 is 0 Å². The minimum atomic E-state index is -0.544. The maximum absolute atomic E-state index is 12.7. The Bertz CT molecular complexity index is 1160. The SMILES string of the molecule is NCCCN(CCCCCCNCCCNC(=O)CCc1c[nH]c(=O)c(O)c1)C(=O)CCc1c[nH]c(=O)c(O)c1. The van der Waals surface area contributed by atoms with Crippen LogP contribution in [0.15, 0.2) is 34.1 Å². The maximum Gasteiger partial charge on any atom is 0.290 e. The third kappa shape index (κ3) is 12.9. The predicted molar refractivity (Wildman–Crippen MR) is 153 cm³/mol. The summed E-state index contributed by atoms with van der Waals surface area (Å²) in [5.74, 6) is -0.712. The number of pyridine rings is 2. The topological polar surface area (TPSA) is 194 Å². The Morgan fingerprint density at radius 2 is 1.35 bits per heavy atom. The average molecular weight is 561 g/mol. The van der Waals surface area contributed by atoms with E-state index in [1.54, 1.807) is 0 Å². The molecule has 2 rings (SSSR count). The molecule has 222 valence electrons. The van der Waals surface area contributed by atoms with Crippen LogP contribution in [0.3, 0.4) is 0 Å². The molecule has 40 heavy (non-hydrogen) atoms. The second-order valence-electron chi connectivity index (χ2n) is 9.84. The van der Waals surface area contributed by atoms with Gasteiger partial charge in [-0.2, -0.15) is 0 Å². The highest BCUT2D eigenvalue weighted by Crippen LogP contribution is 2.10. The zero-order valence-electron chi connectivity index (χ0n) is 23.2. The molecule has 2 heterocycles. The van der Waals surface area contributed by atoms with Gasteiger partial charge in [0.1, 0.15) is 0 Å². The van der Waals surface area contributed by atoms with E-state index in [0.717, 1.165) is 51.6 Å². The number of nitrogens with two attached hydrogens (primary N) is 1. The van der Waals surface area contributed by atoms with Crippen molar-refractivity contribution in [2.45, 2.75) is 64.2 Å².